The number of thiophene rings is 1. The van der Waals surface area contributed by atoms with E-state index in [1.165, 1.54) is 27.0 Å². The van der Waals surface area contributed by atoms with Gasteiger partial charge in [0.15, 0.2) is 5.13 Å². The minimum atomic E-state index is -3.56. The topological polar surface area (TPSA) is 79.4 Å². The summed E-state index contributed by atoms with van der Waals surface area (Å²) in [7, 11) is -3.56. The van der Waals surface area contributed by atoms with Gasteiger partial charge in [0, 0.05) is 13.1 Å². The molecule has 1 aliphatic heterocycles. The molecule has 1 aliphatic rings. The molecule has 4 rings (SSSR count). The molecule has 148 valence electrons. The number of benzene rings is 1. The van der Waals surface area contributed by atoms with Gasteiger partial charge in [-0.2, -0.15) is 4.31 Å². The molecule has 1 aromatic carbocycles. The van der Waals surface area contributed by atoms with Crippen LogP contribution in [0.2, 0.25) is 10.0 Å². The van der Waals surface area contributed by atoms with Gasteiger partial charge in [-0.1, -0.05) is 40.6 Å². The zero-order chi connectivity index (χ0) is 19.9. The number of thiazole rings is 1. The second-order valence-electron chi connectivity index (χ2n) is 6.35. The van der Waals surface area contributed by atoms with Crippen molar-refractivity contribution in [1.82, 2.24) is 9.29 Å². The normalized spacial score (nSPS) is 18.4. The molecule has 0 saturated carbocycles. The van der Waals surface area contributed by atoms with E-state index in [9.17, 15) is 13.2 Å². The Morgan fingerprint density at radius 2 is 2.11 bits per heavy atom. The number of rotatable bonds is 4. The van der Waals surface area contributed by atoms with Gasteiger partial charge in [-0.25, -0.2) is 13.4 Å². The number of carbonyl (C=O) groups excluding carboxylic acids is 1. The van der Waals surface area contributed by atoms with E-state index in [0.717, 1.165) is 4.70 Å². The fraction of sp³-hybridized carbons (Fsp3) is 0.294. The number of halogens is 2. The number of fused-ring (bicyclic) bond motifs is 1. The SMILES string of the molecule is O=C(Nc1nc2c(Cl)c(Cl)ccc2s1)C1CCCN(S(=O)(=O)c2cccs2)C1. The first-order chi connectivity index (χ1) is 13.4. The van der Waals surface area contributed by atoms with Crippen LogP contribution in [0.15, 0.2) is 33.9 Å². The zero-order valence-corrected chi connectivity index (χ0v) is 18.4. The van der Waals surface area contributed by atoms with Gasteiger partial charge in [-0.3, -0.25) is 4.79 Å². The van der Waals surface area contributed by atoms with E-state index >= 15 is 0 Å². The van der Waals surface area contributed by atoms with Crippen molar-refractivity contribution in [3.05, 3.63) is 39.7 Å². The lowest BCUT2D eigenvalue weighted by atomic mass is 9.99. The van der Waals surface area contributed by atoms with Crippen molar-refractivity contribution in [3.63, 3.8) is 0 Å². The van der Waals surface area contributed by atoms with Crippen molar-refractivity contribution in [3.8, 4) is 0 Å². The van der Waals surface area contributed by atoms with Gasteiger partial charge in [0.1, 0.15) is 9.73 Å². The van der Waals surface area contributed by atoms with Crippen molar-refractivity contribution in [2.45, 2.75) is 17.1 Å². The van der Waals surface area contributed by atoms with Gasteiger partial charge in [0.2, 0.25) is 5.91 Å². The summed E-state index contributed by atoms with van der Waals surface area (Å²) in [5.41, 5.74) is 0.542. The van der Waals surface area contributed by atoms with E-state index in [1.54, 1.807) is 29.6 Å². The number of piperidine rings is 1. The van der Waals surface area contributed by atoms with Crippen molar-refractivity contribution in [2.24, 2.45) is 5.92 Å². The average Bonchev–Trinajstić information content (AvgIpc) is 3.35. The van der Waals surface area contributed by atoms with E-state index in [-0.39, 0.29) is 12.5 Å². The number of aromatic nitrogens is 1. The van der Waals surface area contributed by atoms with E-state index in [4.69, 9.17) is 23.2 Å². The molecular weight excluding hydrogens is 461 g/mol. The fourth-order valence-electron chi connectivity index (χ4n) is 3.11. The van der Waals surface area contributed by atoms with Crippen LogP contribution in [0.3, 0.4) is 0 Å². The van der Waals surface area contributed by atoms with Crippen LogP contribution >= 0.6 is 45.9 Å². The standard InChI is InChI=1S/C17H15Cl2N3O3S3/c18-11-5-6-12-15(14(11)19)20-17(27-12)21-16(23)10-3-1-7-22(9-10)28(24,25)13-4-2-8-26-13/h2,4-6,8,10H,1,3,7,9H2,(H,20,21,23). The molecule has 3 aromatic rings. The van der Waals surface area contributed by atoms with Crippen LogP contribution in [0.5, 0.6) is 0 Å². The Hall–Kier alpha value is -1.23. The van der Waals surface area contributed by atoms with E-state index < -0.39 is 15.9 Å². The Balaban J connectivity index is 1.50. The Bertz CT molecular complexity index is 1130. The van der Waals surface area contributed by atoms with Crippen molar-refractivity contribution in [2.75, 3.05) is 18.4 Å². The number of nitrogens with one attached hydrogen (secondary N) is 1. The van der Waals surface area contributed by atoms with E-state index in [0.29, 0.717) is 44.3 Å². The van der Waals surface area contributed by atoms with Gasteiger partial charge in [0.05, 0.1) is 20.7 Å². The van der Waals surface area contributed by atoms with Crippen LogP contribution in [0.25, 0.3) is 10.2 Å². The summed E-state index contributed by atoms with van der Waals surface area (Å²) in [6, 6.07) is 6.77. The number of anilines is 1. The maximum atomic E-state index is 12.7. The van der Waals surface area contributed by atoms with Gasteiger partial charge >= 0.3 is 0 Å². The van der Waals surface area contributed by atoms with Crippen molar-refractivity contribution >= 4 is 77.2 Å². The monoisotopic (exact) mass is 475 g/mol. The molecule has 0 bridgehead atoms. The van der Waals surface area contributed by atoms with Crippen LogP contribution in [0, 0.1) is 5.92 Å². The first-order valence-corrected chi connectivity index (χ1v) is 12.3. The van der Waals surface area contributed by atoms with Crippen LogP contribution in [-0.4, -0.2) is 36.7 Å². The molecule has 6 nitrogen and oxygen atoms in total. The van der Waals surface area contributed by atoms with Crippen molar-refractivity contribution in [1.29, 1.82) is 0 Å². The van der Waals surface area contributed by atoms with Gasteiger partial charge in [-0.05, 0) is 36.4 Å². The Labute approximate surface area is 180 Å². The maximum Gasteiger partial charge on any atom is 0.252 e. The Kier molecular flexibility index (Phi) is 5.65. The highest BCUT2D eigenvalue weighted by Crippen LogP contribution is 2.35. The quantitative estimate of drug-likeness (QED) is 0.592. The molecule has 1 N–H and O–H groups in total. The van der Waals surface area contributed by atoms with E-state index in [1.807, 2.05) is 0 Å². The summed E-state index contributed by atoms with van der Waals surface area (Å²) in [6.07, 6.45) is 1.25. The zero-order valence-electron chi connectivity index (χ0n) is 14.4. The predicted molar refractivity (Wildman–Crippen MR) is 114 cm³/mol. The molecule has 1 atom stereocenters. The molecule has 3 heterocycles. The lowest BCUT2D eigenvalue weighted by Gasteiger charge is -2.30. The Morgan fingerprint density at radius 3 is 2.86 bits per heavy atom. The lowest BCUT2D eigenvalue weighted by Crippen LogP contribution is -2.43. The largest absolute Gasteiger partial charge is 0.302 e. The molecule has 1 unspecified atom stereocenters. The van der Waals surface area contributed by atoms with Gasteiger partial charge in [-0.15, -0.1) is 11.3 Å². The molecule has 1 saturated heterocycles. The van der Waals surface area contributed by atoms with Crippen LogP contribution in [0.1, 0.15) is 12.8 Å². The summed E-state index contributed by atoms with van der Waals surface area (Å²) in [5, 5.41) is 5.70. The molecule has 11 heteroatoms. The summed E-state index contributed by atoms with van der Waals surface area (Å²) in [5.74, 6) is -0.679. The van der Waals surface area contributed by atoms with Crippen molar-refractivity contribution < 1.29 is 13.2 Å². The third-order valence-corrected chi connectivity index (χ3v) is 9.49. The number of sulfonamides is 1. The second-order valence-corrected chi connectivity index (χ2v) is 11.3. The number of hydrogen-bond acceptors (Lipinski definition) is 6. The minimum absolute atomic E-state index is 0.156. The fourth-order valence-corrected chi connectivity index (χ4v) is 7.07. The lowest BCUT2D eigenvalue weighted by molar-refractivity contribution is -0.120. The summed E-state index contributed by atoms with van der Waals surface area (Å²) in [4.78, 5) is 17.1. The number of amides is 1. The van der Waals surface area contributed by atoms with E-state index in [2.05, 4.69) is 10.3 Å². The molecule has 0 aliphatic carbocycles. The molecular formula is C17H15Cl2N3O3S3. The molecule has 2 aromatic heterocycles. The van der Waals surface area contributed by atoms with Crippen LogP contribution in [-0.2, 0) is 14.8 Å². The molecule has 1 fully saturated rings. The van der Waals surface area contributed by atoms with Gasteiger partial charge < -0.3 is 5.32 Å². The summed E-state index contributed by atoms with van der Waals surface area (Å²) in [6.45, 7) is 0.572. The first kappa shape index (κ1) is 20.1. The summed E-state index contributed by atoms with van der Waals surface area (Å²) >= 11 is 14.7. The molecule has 0 spiro atoms. The molecule has 1 amide bonds. The predicted octanol–water partition coefficient (Wildman–Crippen LogP) is 4.70. The maximum absolute atomic E-state index is 12.7. The first-order valence-electron chi connectivity index (χ1n) is 8.45. The third kappa shape index (κ3) is 3.79. The minimum Gasteiger partial charge on any atom is -0.302 e. The van der Waals surface area contributed by atoms with Crippen LogP contribution < -0.4 is 5.32 Å². The number of hydrogen-bond donors (Lipinski definition) is 1. The second kappa shape index (κ2) is 7.89. The Morgan fingerprint density at radius 1 is 1.29 bits per heavy atom. The summed E-state index contributed by atoms with van der Waals surface area (Å²) < 4.78 is 28.0. The number of carbonyl (C=O) groups is 1. The van der Waals surface area contributed by atoms with Crippen LogP contribution in [0.4, 0.5) is 5.13 Å². The highest BCUT2D eigenvalue weighted by atomic mass is 35.5. The third-order valence-electron chi connectivity index (χ3n) is 4.53. The smallest absolute Gasteiger partial charge is 0.252 e. The molecule has 28 heavy (non-hydrogen) atoms. The average molecular weight is 476 g/mol. The molecule has 0 radical (unpaired) electrons. The van der Waals surface area contributed by atoms with Gasteiger partial charge in [0.25, 0.3) is 10.0 Å². The highest BCUT2D eigenvalue weighted by Gasteiger charge is 2.34. The highest BCUT2D eigenvalue weighted by molar-refractivity contribution is 7.91. The number of nitrogens with zero attached hydrogens (tertiary/aromatic N) is 2.